The first-order valence-electron chi connectivity index (χ1n) is 5.88. The minimum absolute atomic E-state index is 0. The van der Waals surface area contributed by atoms with Crippen molar-refractivity contribution in [3.8, 4) is 11.4 Å². The van der Waals surface area contributed by atoms with Crippen LogP contribution in [-0.4, -0.2) is 31.8 Å². The third-order valence-corrected chi connectivity index (χ3v) is 2.98. The fourth-order valence-corrected chi connectivity index (χ4v) is 1.89. The second kappa shape index (κ2) is 5.77. The number of carboxylic acids is 1. The number of hydrogen-bond donors (Lipinski definition) is 3. The molecule has 2 aromatic rings. The summed E-state index contributed by atoms with van der Waals surface area (Å²) in [7, 11) is 0. The summed E-state index contributed by atoms with van der Waals surface area (Å²) in [6, 6.07) is 8.76. The number of carbonyl (C=O) groups is 1. The zero-order valence-corrected chi connectivity index (χ0v) is 11.1. The Morgan fingerprint density at radius 1 is 1.35 bits per heavy atom. The van der Waals surface area contributed by atoms with Crippen molar-refractivity contribution >= 4 is 5.97 Å². The highest BCUT2D eigenvalue weighted by molar-refractivity contribution is 5.78. The van der Waals surface area contributed by atoms with E-state index in [1.807, 2.05) is 24.5 Å². The van der Waals surface area contributed by atoms with E-state index in [0.717, 1.165) is 0 Å². The molecule has 20 heavy (non-hydrogen) atoms. The van der Waals surface area contributed by atoms with Crippen molar-refractivity contribution in [3.63, 3.8) is 0 Å². The summed E-state index contributed by atoms with van der Waals surface area (Å²) in [6.07, 6.45) is 3.79. The maximum absolute atomic E-state index is 11.0. The van der Waals surface area contributed by atoms with Crippen molar-refractivity contribution < 1.29 is 20.5 Å². The molecule has 2 rings (SSSR count). The molecule has 1 aromatic heterocycles. The third kappa shape index (κ3) is 3.17. The summed E-state index contributed by atoms with van der Waals surface area (Å²) in [6.45, 7) is 1.45. The Hall–Kier alpha value is -2.31. The van der Waals surface area contributed by atoms with E-state index in [1.165, 1.54) is 6.92 Å². The number of carboxylic acid groups (broad SMARTS) is 1. The van der Waals surface area contributed by atoms with Crippen LogP contribution in [0.25, 0.3) is 5.69 Å². The van der Waals surface area contributed by atoms with Gasteiger partial charge < -0.3 is 26.0 Å². The van der Waals surface area contributed by atoms with Gasteiger partial charge in [-0.3, -0.25) is 4.79 Å². The molecule has 0 saturated carbocycles. The third-order valence-electron chi connectivity index (χ3n) is 2.98. The van der Waals surface area contributed by atoms with Crippen molar-refractivity contribution in [2.45, 2.75) is 18.9 Å². The number of hydrogen-bond acceptors (Lipinski definition) is 3. The zero-order valence-electron chi connectivity index (χ0n) is 11.1. The zero-order chi connectivity index (χ0) is 14.0. The molecule has 0 unspecified atom stereocenters. The van der Waals surface area contributed by atoms with Gasteiger partial charge in [-0.25, -0.2) is 0 Å². The van der Waals surface area contributed by atoms with E-state index in [0.29, 0.717) is 11.3 Å². The molecular weight excluding hydrogens is 260 g/mol. The van der Waals surface area contributed by atoms with Crippen LogP contribution >= 0.6 is 0 Å². The lowest BCUT2D eigenvalue weighted by Crippen LogP contribution is -2.46. The molecular formula is C14H18N2O4. The first kappa shape index (κ1) is 15.7. The topological polar surface area (TPSA) is 120 Å². The second-order valence-electron chi connectivity index (χ2n) is 4.81. The minimum atomic E-state index is -1.35. The Morgan fingerprint density at radius 2 is 1.95 bits per heavy atom. The first-order chi connectivity index (χ1) is 8.90. The molecule has 0 aliphatic heterocycles. The lowest BCUT2D eigenvalue weighted by Gasteiger charge is -2.19. The minimum Gasteiger partial charge on any atom is -0.506 e. The molecule has 0 amide bonds. The summed E-state index contributed by atoms with van der Waals surface area (Å²) in [5, 5.41) is 19.0. The lowest BCUT2D eigenvalue weighted by atomic mass is 9.94. The van der Waals surface area contributed by atoms with Crippen LogP contribution in [0.15, 0.2) is 42.7 Å². The molecule has 0 radical (unpaired) electrons. The Balaban J connectivity index is 0.00000200. The Morgan fingerprint density at radius 3 is 2.45 bits per heavy atom. The van der Waals surface area contributed by atoms with Crippen LogP contribution in [0.5, 0.6) is 5.75 Å². The van der Waals surface area contributed by atoms with Gasteiger partial charge in [-0.2, -0.15) is 0 Å². The molecule has 0 bridgehead atoms. The van der Waals surface area contributed by atoms with Gasteiger partial charge in [-0.1, -0.05) is 6.07 Å². The molecule has 0 aliphatic rings. The standard InChI is InChI=1S/C14H16N2O3.H2O/c1-14(15,13(18)19)9-10-4-5-11(12(17)8-10)16-6-2-3-7-16;/h2-8,17H,9,15H2,1H3,(H,18,19);1H2/t14-;/m0./s1. The monoisotopic (exact) mass is 278 g/mol. The highest BCUT2D eigenvalue weighted by Gasteiger charge is 2.28. The summed E-state index contributed by atoms with van der Waals surface area (Å²) >= 11 is 0. The average Bonchev–Trinajstić information content (AvgIpc) is 2.81. The normalized spacial score (nSPS) is 13.3. The molecule has 1 atom stereocenters. The van der Waals surface area contributed by atoms with Crippen LogP contribution in [0, 0.1) is 0 Å². The van der Waals surface area contributed by atoms with Crippen LogP contribution in [0.2, 0.25) is 0 Å². The average molecular weight is 278 g/mol. The van der Waals surface area contributed by atoms with Crippen molar-refractivity contribution in [2.24, 2.45) is 5.73 Å². The van der Waals surface area contributed by atoms with E-state index in [4.69, 9.17) is 10.8 Å². The number of nitrogens with zero attached hydrogens (tertiary/aromatic N) is 1. The highest BCUT2D eigenvalue weighted by atomic mass is 16.4. The molecule has 6 N–H and O–H groups in total. The maximum Gasteiger partial charge on any atom is 0.323 e. The Labute approximate surface area is 116 Å². The van der Waals surface area contributed by atoms with Gasteiger partial charge >= 0.3 is 5.97 Å². The number of rotatable bonds is 4. The summed E-state index contributed by atoms with van der Waals surface area (Å²) in [4.78, 5) is 11.0. The van der Waals surface area contributed by atoms with E-state index < -0.39 is 11.5 Å². The molecule has 1 heterocycles. The fraction of sp³-hybridized carbons (Fsp3) is 0.214. The number of benzene rings is 1. The maximum atomic E-state index is 11.0. The Kier molecular flexibility index (Phi) is 4.54. The number of aromatic nitrogens is 1. The molecule has 0 fully saturated rings. The molecule has 1 aromatic carbocycles. The largest absolute Gasteiger partial charge is 0.506 e. The van der Waals surface area contributed by atoms with Gasteiger partial charge in [0.25, 0.3) is 0 Å². The number of aliphatic carboxylic acids is 1. The molecule has 108 valence electrons. The SMILES string of the molecule is C[C@](N)(Cc1ccc(-n2cccc2)c(O)c1)C(=O)O.O. The van der Waals surface area contributed by atoms with Crippen molar-refractivity contribution in [3.05, 3.63) is 48.3 Å². The number of phenolic OH excluding ortho intramolecular Hbond substituents is 1. The van der Waals surface area contributed by atoms with Crippen LogP contribution in [0.4, 0.5) is 0 Å². The predicted molar refractivity (Wildman–Crippen MR) is 75.0 cm³/mol. The predicted octanol–water partition coefficient (Wildman–Crippen LogP) is 0.703. The van der Waals surface area contributed by atoms with E-state index in [9.17, 15) is 9.90 Å². The van der Waals surface area contributed by atoms with Crippen molar-refractivity contribution in [2.75, 3.05) is 0 Å². The van der Waals surface area contributed by atoms with Gasteiger partial charge in [0.05, 0.1) is 5.69 Å². The van der Waals surface area contributed by atoms with Gasteiger partial charge in [0.1, 0.15) is 11.3 Å². The van der Waals surface area contributed by atoms with Crippen molar-refractivity contribution in [1.82, 2.24) is 4.57 Å². The molecule has 6 heteroatoms. The Bertz CT molecular complexity index is 591. The first-order valence-corrected chi connectivity index (χ1v) is 5.88. The van der Waals surface area contributed by atoms with Crippen LogP contribution in [0.3, 0.4) is 0 Å². The van der Waals surface area contributed by atoms with E-state index in [-0.39, 0.29) is 17.6 Å². The number of aromatic hydroxyl groups is 1. The molecule has 0 saturated heterocycles. The molecule has 0 aliphatic carbocycles. The van der Waals surface area contributed by atoms with Crippen molar-refractivity contribution in [1.29, 1.82) is 0 Å². The summed E-state index contributed by atoms with van der Waals surface area (Å²) in [5.41, 5.74) is 5.66. The van der Waals surface area contributed by atoms with Gasteiger partial charge in [-0.05, 0) is 36.8 Å². The fourth-order valence-electron chi connectivity index (χ4n) is 1.89. The molecule has 6 nitrogen and oxygen atoms in total. The van der Waals surface area contributed by atoms with Gasteiger partial charge in [-0.15, -0.1) is 0 Å². The van der Waals surface area contributed by atoms with Crippen LogP contribution < -0.4 is 5.73 Å². The smallest absolute Gasteiger partial charge is 0.323 e. The van der Waals surface area contributed by atoms with E-state index in [1.54, 1.807) is 22.8 Å². The van der Waals surface area contributed by atoms with Gasteiger partial charge in [0.2, 0.25) is 0 Å². The summed E-state index contributed by atoms with van der Waals surface area (Å²) < 4.78 is 1.78. The lowest BCUT2D eigenvalue weighted by molar-refractivity contribution is -0.142. The highest BCUT2D eigenvalue weighted by Crippen LogP contribution is 2.24. The van der Waals surface area contributed by atoms with E-state index >= 15 is 0 Å². The van der Waals surface area contributed by atoms with E-state index in [2.05, 4.69) is 0 Å². The van der Waals surface area contributed by atoms with Gasteiger partial charge in [0, 0.05) is 18.8 Å². The van der Waals surface area contributed by atoms with Gasteiger partial charge in [0.15, 0.2) is 0 Å². The summed E-state index contributed by atoms with van der Waals surface area (Å²) in [5.74, 6) is -0.976. The van der Waals surface area contributed by atoms with Crippen LogP contribution in [0.1, 0.15) is 12.5 Å². The number of nitrogens with two attached hydrogens (primary N) is 1. The second-order valence-corrected chi connectivity index (χ2v) is 4.81. The number of phenols is 1. The molecule has 0 spiro atoms. The quantitative estimate of drug-likeness (QED) is 0.762. The van der Waals surface area contributed by atoms with Crippen LogP contribution in [-0.2, 0) is 11.2 Å².